The molecule has 1 amide bonds. The van der Waals surface area contributed by atoms with Crippen molar-refractivity contribution in [1.29, 1.82) is 0 Å². The average molecular weight is 287 g/mol. The van der Waals surface area contributed by atoms with Gasteiger partial charge in [-0.25, -0.2) is 0 Å². The van der Waals surface area contributed by atoms with Crippen molar-refractivity contribution in [3.8, 4) is 0 Å². The number of pyridine rings is 1. The summed E-state index contributed by atoms with van der Waals surface area (Å²) in [4.78, 5) is 27.9. The van der Waals surface area contributed by atoms with Gasteiger partial charge in [0.2, 0.25) is 0 Å². The van der Waals surface area contributed by atoms with E-state index in [2.05, 4.69) is 20.9 Å². The molecule has 0 saturated heterocycles. The number of aromatic amines is 1. The molecule has 5 heteroatoms. The van der Waals surface area contributed by atoms with E-state index >= 15 is 0 Å². The average Bonchev–Trinajstić information content (AvgIpc) is 2.27. The molecule has 0 aromatic carbocycles. The number of hydrogen-bond acceptors (Lipinski definition) is 2. The molecule has 0 aliphatic heterocycles. The Morgan fingerprint density at radius 1 is 1.56 bits per heavy atom. The summed E-state index contributed by atoms with van der Waals surface area (Å²) in [6.45, 7) is 3.85. The van der Waals surface area contributed by atoms with E-state index in [1.54, 1.807) is 11.9 Å². The normalized spacial score (nSPS) is 11.2. The Hall–Kier alpha value is -1.10. The lowest BCUT2D eigenvalue weighted by Gasteiger charge is -2.33. The molecule has 0 aliphatic rings. The van der Waals surface area contributed by atoms with Gasteiger partial charge in [0.15, 0.2) is 5.43 Å². The van der Waals surface area contributed by atoms with Crippen LogP contribution in [0.2, 0.25) is 0 Å². The van der Waals surface area contributed by atoms with Crippen LogP contribution in [0.25, 0.3) is 0 Å². The summed E-state index contributed by atoms with van der Waals surface area (Å²) in [5.41, 5.74) is -0.431. The molecule has 1 aromatic heterocycles. The zero-order valence-corrected chi connectivity index (χ0v) is 11.2. The lowest BCUT2D eigenvalue weighted by molar-refractivity contribution is 0.0662. The second kappa shape index (κ2) is 4.82. The van der Waals surface area contributed by atoms with E-state index in [9.17, 15) is 9.59 Å². The van der Waals surface area contributed by atoms with Gasteiger partial charge in [0, 0.05) is 36.4 Å². The third-order valence-corrected chi connectivity index (χ3v) is 3.97. The van der Waals surface area contributed by atoms with Gasteiger partial charge in [-0.2, -0.15) is 0 Å². The predicted octanol–water partition coefficient (Wildman–Crippen LogP) is 1.62. The van der Waals surface area contributed by atoms with Crippen molar-refractivity contribution in [3.63, 3.8) is 0 Å². The van der Waals surface area contributed by atoms with E-state index in [1.165, 1.54) is 18.5 Å². The fourth-order valence-corrected chi connectivity index (χ4v) is 1.50. The first-order valence-corrected chi connectivity index (χ1v) is 6.03. The minimum atomic E-state index is -0.334. The molecule has 0 atom stereocenters. The topological polar surface area (TPSA) is 53.2 Å². The van der Waals surface area contributed by atoms with Crippen molar-refractivity contribution in [3.05, 3.63) is 34.2 Å². The largest absolute Gasteiger partial charge is 0.367 e. The molecule has 0 aliphatic carbocycles. The highest BCUT2D eigenvalue weighted by atomic mass is 79.9. The summed E-state index contributed by atoms with van der Waals surface area (Å²) >= 11 is 3.35. The van der Waals surface area contributed by atoms with Crippen molar-refractivity contribution < 1.29 is 4.79 Å². The maximum absolute atomic E-state index is 12.1. The number of carbonyl (C=O) groups excluding carboxylic acids is 1. The van der Waals surface area contributed by atoms with Gasteiger partial charge >= 0.3 is 0 Å². The predicted molar refractivity (Wildman–Crippen MR) is 67.0 cm³/mol. The van der Waals surface area contributed by atoms with Crippen molar-refractivity contribution in [2.75, 3.05) is 12.4 Å². The van der Waals surface area contributed by atoms with E-state index in [0.29, 0.717) is 5.33 Å². The van der Waals surface area contributed by atoms with Crippen LogP contribution >= 0.6 is 15.9 Å². The second-order valence-electron chi connectivity index (χ2n) is 4.23. The van der Waals surface area contributed by atoms with Gasteiger partial charge in [0.05, 0.1) is 0 Å². The fraction of sp³-hybridized carbons (Fsp3) is 0.455. The quantitative estimate of drug-likeness (QED) is 0.859. The SMILES string of the molecule is CN(C(=O)c1c[nH]ccc1=O)C(C)(C)CBr. The third kappa shape index (κ3) is 2.52. The molecule has 88 valence electrons. The van der Waals surface area contributed by atoms with Crippen LogP contribution in [0.4, 0.5) is 0 Å². The van der Waals surface area contributed by atoms with Gasteiger partial charge in [-0.1, -0.05) is 15.9 Å². The zero-order chi connectivity index (χ0) is 12.3. The molecule has 0 bridgehead atoms. The molecule has 16 heavy (non-hydrogen) atoms. The summed E-state index contributed by atoms with van der Waals surface area (Å²) in [5, 5.41) is 0.646. The number of rotatable bonds is 3. The highest BCUT2D eigenvalue weighted by Gasteiger charge is 2.28. The molecule has 0 unspecified atom stereocenters. The highest BCUT2D eigenvalue weighted by molar-refractivity contribution is 9.09. The van der Waals surface area contributed by atoms with Crippen molar-refractivity contribution in [1.82, 2.24) is 9.88 Å². The number of halogens is 1. The van der Waals surface area contributed by atoms with Gasteiger partial charge in [-0.05, 0) is 13.8 Å². The monoisotopic (exact) mass is 286 g/mol. The van der Waals surface area contributed by atoms with Gasteiger partial charge in [-0.3, -0.25) is 9.59 Å². The van der Waals surface area contributed by atoms with Crippen LogP contribution in [-0.2, 0) is 0 Å². The summed E-state index contributed by atoms with van der Waals surface area (Å²) < 4.78 is 0. The molecule has 1 rings (SSSR count). The molecular formula is C11H15BrN2O2. The second-order valence-corrected chi connectivity index (χ2v) is 4.79. The van der Waals surface area contributed by atoms with Crippen LogP contribution in [-0.4, -0.2) is 33.7 Å². The Balaban J connectivity index is 3.05. The number of hydrogen-bond donors (Lipinski definition) is 1. The van der Waals surface area contributed by atoms with Crippen LogP contribution in [0.15, 0.2) is 23.3 Å². The molecule has 0 saturated carbocycles. The van der Waals surface area contributed by atoms with Gasteiger partial charge in [0.1, 0.15) is 5.56 Å². The number of carbonyl (C=O) groups is 1. The molecule has 1 heterocycles. The fourth-order valence-electron chi connectivity index (χ4n) is 1.13. The van der Waals surface area contributed by atoms with Crippen LogP contribution in [0.1, 0.15) is 24.2 Å². The minimum Gasteiger partial charge on any atom is -0.367 e. The first kappa shape index (κ1) is 13.0. The van der Waals surface area contributed by atoms with Gasteiger partial charge in [0.25, 0.3) is 5.91 Å². The number of nitrogens with zero attached hydrogens (tertiary/aromatic N) is 1. The first-order valence-electron chi connectivity index (χ1n) is 4.91. The van der Waals surface area contributed by atoms with E-state index in [1.807, 2.05) is 13.8 Å². The van der Waals surface area contributed by atoms with E-state index < -0.39 is 0 Å². The van der Waals surface area contributed by atoms with Crippen LogP contribution in [0.5, 0.6) is 0 Å². The van der Waals surface area contributed by atoms with Crippen molar-refractivity contribution in [2.24, 2.45) is 0 Å². The first-order chi connectivity index (χ1) is 7.40. The Bertz CT molecular complexity index is 440. The minimum absolute atomic E-state index is 0.166. The lowest BCUT2D eigenvalue weighted by atomic mass is 10.1. The smallest absolute Gasteiger partial charge is 0.259 e. The summed E-state index contributed by atoms with van der Waals surface area (Å²) in [6, 6.07) is 1.35. The third-order valence-electron chi connectivity index (χ3n) is 2.59. The number of aromatic nitrogens is 1. The number of amides is 1. The van der Waals surface area contributed by atoms with E-state index in [0.717, 1.165) is 0 Å². The molecule has 0 radical (unpaired) electrons. The molecular weight excluding hydrogens is 272 g/mol. The summed E-state index contributed by atoms with van der Waals surface area (Å²) in [7, 11) is 1.69. The molecule has 0 fully saturated rings. The molecule has 0 spiro atoms. The van der Waals surface area contributed by atoms with E-state index in [4.69, 9.17) is 0 Å². The Labute approximate surface area is 103 Å². The highest BCUT2D eigenvalue weighted by Crippen LogP contribution is 2.16. The maximum atomic E-state index is 12.1. The lowest BCUT2D eigenvalue weighted by Crippen LogP contribution is -2.47. The standard InChI is InChI=1S/C11H15BrN2O2/c1-11(2,7-12)14(3)10(16)8-6-13-5-4-9(8)15/h4-6H,7H2,1-3H3,(H,13,15). The number of H-pyrrole nitrogens is 1. The molecule has 1 aromatic rings. The van der Waals surface area contributed by atoms with Crippen LogP contribution in [0.3, 0.4) is 0 Å². The molecule has 4 nitrogen and oxygen atoms in total. The number of nitrogens with one attached hydrogen (secondary N) is 1. The Morgan fingerprint density at radius 3 is 2.69 bits per heavy atom. The van der Waals surface area contributed by atoms with Gasteiger partial charge in [-0.15, -0.1) is 0 Å². The van der Waals surface area contributed by atoms with Crippen molar-refractivity contribution >= 4 is 21.8 Å². The Morgan fingerprint density at radius 2 is 2.19 bits per heavy atom. The maximum Gasteiger partial charge on any atom is 0.259 e. The van der Waals surface area contributed by atoms with Crippen LogP contribution < -0.4 is 5.43 Å². The van der Waals surface area contributed by atoms with Gasteiger partial charge < -0.3 is 9.88 Å². The van der Waals surface area contributed by atoms with Crippen molar-refractivity contribution in [2.45, 2.75) is 19.4 Å². The molecule has 1 N–H and O–H groups in total. The van der Waals surface area contributed by atoms with Crippen LogP contribution in [0, 0.1) is 0 Å². The Kier molecular flexibility index (Phi) is 3.91. The number of alkyl halides is 1. The summed E-state index contributed by atoms with van der Waals surface area (Å²) in [5.74, 6) is -0.272. The summed E-state index contributed by atoms with van der Waals surface area (Å²) in [6.07, 6.45) is 2.94. The van der Waals surface area contributed by atoms with E-state index in [-0.39, 0.29) is 22.4 Å². The zero-order valence-electron chi connectivity index (χ0n) is 9.58.